The van der Waals surface area contributed by atoms with Gasteiger partial charge in [0, 0.05) is 32.7 Å². The zero-order chi connectivity index (χ0) is 17.2. The maximum atomic E-state index is 12.9. The second kappa shape index (κ2) is 6.57. The van der Waals surface area contributed by atoms with E-state index in [9.17, 15) is 9.59 Å². The quantitative estimate of drug-likeness (QED) is 0.766. The fourth-order valence-electron chi connectivity index (χ4n) is 3.36. The van der Waals surface area contributed by atoms with Crippen LogP contribution in [0.15, 0.2) is 53.3 Å². The van der Waals surface area contributed by atoms with Crippen LogP contribution in [0.5, 0.6) is 0 Å². The monoisotopic (exact) mass is 336 g/mol. The van der Waals surface area contributed by atoms with E-state index in [0.717, 1.165) is 19.6 Å². The predicted octanol–water partition coefficient (Wildman–Crippen LogP) is 1.81. The molecule has 1 fully saturated rings. The van der Waals surface area contributed by atoms with E-state index < -0.39 is 0 Å². The Kier molecular flexibility index (Phi) is 4.11. The number of amides is 1. The molecule has 128 valence electrons. The Bertz CT molecular complexity index is 937. The van der Waals surface area contributed by atoms with Crippen molar-refractivity contribution >= 4 is 16.9 Å². The molecule has 0 bridgehead atoms. The normalized spacial score (nSPS) is 15.6. The van der Waals surface area contributed by atoms with E-state index in [4.69, 9.17) is 0 Å². The number of aromatic amines is 2. The predicted molar refractivity (Wildman–Crippen MR) is 96.5 cm³/mol. The van der Waals surface area contributed by atoms with Gasteiger partial charge in [0.05, 0.1) is 16.6 Å². The van der Waals surface area contributed by atoms with Crippen molar-refractivity contribution in [3.05, 3.63) is 70.1 Å². The molecule has 6 heteroatoms. The molecule has 2 heterocycles. The Balaban J connectivity index is 1.45. The number of fused-ring (bicyclic) bond motifs is 1. The third-order valence-corrected chi connectivity index (χ3v) is 4.69. The molecule has 2 N–H and O–H groups in total. The Morgan fingerprint density at radius 1 is 0.920 bits per heavy atom. The Morgan fingerprint density at radius 3 is 2.44 bits per heavy atom. The molecule has 3 aromatic rings. The first kappa shape index (κ1) is 15.7. The summed E-state index contributed by atoms with van der Waals surface area (Å²) in [7, 11) is 0. The van der Waals surface area contributed by atoms with E-state index in [1.807, 2.05) is 23.1 Å². The van der Waals surface area contributed by atoms with Crippen molar-refractivity contribution in [1.29, 1.82) is 0 Å². The zero-order valence-corrected chi connectivity index (χ0v) is 13.9. The van der Waals surface area contributed by atoms with Crippen LogP contribution in [0.4, 0.5) is 0 Å². The number of carbonyl (C=O) groups is 1. The number of imidazole rings is 1. The van der Waals surface area contributed by atoms with Crippen LogP contribution in [0.1, 0.15) is 15.9 Å². The average molecular weight is 336 g/mol. The highest BCUT2D eigenvalue weighted by molar-refractivity contribution is 6.04. The maximum Gasteiger partial charge on any atom is 0.323 e. The largest absolute Gasteiger partial charge is 0.336 e. The summed E-state index contributed by atoms with van der Waals surface area (Å²) in [4.78, 5) is 34.0. The Labute approximate surface area is 145 Å². The Hall–Kier alpha value is -2.86. The summed E-state index contributed by atoms with van der Waals surface area (Å²) in [6.45, 7) is 3.98. The minimum atomic E-state index is -0.289. The lowest BCUT2D eigenvalue weighted by atomic mass is 10.1. The lowest BCUT2D eigenvalue weighted by Gasteiger charge is -2.34. The molecule has 0 radical (unpaired) electrons. The molecule has 0 spiro atoms. The molecule has 0 saturated carbocycles. The molecule has 4 rings (SSSR count). The van der Waals surface area contributed by atoms with Crippen LogP contribution in [0.3, 0.4) is 0 Å². The summed E-state index contributed by atoms with van der Waals surface area (Å²) in [6.07, 6.45) is 0. The molecular formula is C19H20N4O2. The van der Waals surface area contributed by atoms with Crippen LogP contribution in [-0.4, -0.2) is 51.9 Å². The van der Waals surface area contributed by atoms with Crippen LogP contribution in [0.25, 0.3) is 11.0 Å². The molecular weight excluding hydrogens is 316 g/mol. The van der Waals surface area contributed by atoms with Gasteiger partial charge in [0.2, 0.25) is 0 Å². The van der Waals surface area contributed by atoms with Crippen LogP contribution in [0.2, 0.25) is 0 Å². The van der Waals surface area contributed by atoms with Gasteiger partial charge in [-0.25, -0.2) is 4.79 Å². The summed E-state index contributed by atoms with van der Waals surface area (Å²) in [5.74, 6) is -0.0276. The van der Waals surface area contributed by atoms with Gasteiger partial charge in [0.25, 0.3) is 5.91 Å². The van der Waals surface area contributed by atoms with Gasteiger partial charge in [-0.1, -0.05) is 36.4 Å². The van der Waals surface area contributed by atoms with Crippen molar-refractivity contribution < 1.29 is 4.79 Å². The van der Waals surface area contributed by atoms with Gasteiger partial charge in [-0.15, -0.1) is 0 Å². The molecule has 1 aliphatic rings. The molecule has 0 atom stereocenters. The van der Waals surface area contributed by atoms with Gasteiger partial charge < -0.3 is 14.9 Å². The van der Waals surface area contributed by atoms with Gasteiger partial charge >= 0.3 is 5.69 Å². The van der Waals surface area contributed by atoms with Gasteiger partial charge in [-0.2, -0.15) is 0 Å². The fraction of sp³-hybridized carbons (Fsp3) is 0.263. The molecule has 1 aliphatic heterocycles. The van der Waals surface area contributed by atoms with E-state index >= 15 is 0 Å². The molecule has 2 aromatic carbocycles. The molecule has 6 nitrogen and oxygen atoms in total. The summed E-state index contributed by atoms with van der Waals surface area (Å²) >= 11 is 0. The number of benzene rings is 2. The SMILES string of the molecule is O=C(c1cccc2[nH]c(=O)[nH]c12)N1CCN(Cc2ccccc2)CC1. The third-order valence-electron chi connectivity index (χ3n) is 4.69. The van der Waals surface area contributed by atoms with E-state index in [1.165, 1.54) is 5.56 Å². The molecule has 1 saturated heterocycles. The van der Waals surface area contributed by atoms with Crippen molar-refractivity contribution in [3.63, 3.8) is 0 Å². The molecule has 0 unspecified atom stereocenters. The van der Waals surface area contributed by atoms with Crippen LogP contribution < -0.4 is 5.69 Å². The first-order chi connectivity index (χ1) is 12.2. The number of nitrogens with zero attached hydrogens (tertiary/aromatic N) is 2. The molecule has 25 heavy (non-hydrogen) atoms. The molecule has 1 amide bonds. The summed E-state index contributed by atoms with van der Waals surface area (Å²) in [5, 5.41) is 0. The average Bonchev–Trinajstić information content (AvgIpc) is 3.03. The number of nitrogens with one attached hydrogen (secondary N) is 2. The second-order valence-electron chi connectivity index (χ2n) is 6.36. The highest BCUT2D eigenvalue weighted by Gasteiger charge is 2.23. The van der Waals surface area contributed by atoms with Gasteiger partial charge in [0.15, 0.2) is 0 Å². The minimum absolute atomic E-state index is 0.0276. The number of para-hydroxylation sites is 1. The number of H-pyrrole nitrogens is 2. The van der Waals surface area contributed by atoms with E-state index in [0.29, 0.717) is 29.7 Å². The minimum Gasteiger partial charge on any atom is -0.336 e. The van der Waals surface area contributed by atoms with Crippen molar-refractivity contribution in [2.75, 3.05) is 26.2 Å². The fourth-order valence-corrected chi connectivity index (χ4v) is 3.36. The lowest BCUT2D eigenvalue weighted by Crippen LogP contribution is -2.48. The highest BCUT2D eigenvalue weighted by atomic mass is 16.2. The Morgan fingerprint density at radius 2 is 1.68 bits per heavy atom. The summed E-state index contributed by atoms with van der Waals surface area (Å²) in [6, 6.07) is 15.7. The zero-order valence-electron chi connectivity index (χ0n) is 13.9. The van der Waals surface area contributed by atoms with Gasteiger partial charge in [0.1, 0.15) is 0 Å². The van der Waals surface area contributed by atoms with Crippen LogP contribution >= 0.6 is 0 Å². The summed E-state index contributed by atoms with van der Waals surface area (Å²) in [5.41, 5.74) is 2.80. The lowest BCUT2D eigenvalue weighted by molar-refractivity contribution is 0.0630. The molecule has 0 aliphatic carbocycles. The number of aromatic nitrogens is 2. The van der Waals surface area contributed by atoms with Crippen molar-refractivity contribution in [1.82, 2.24) is 19.8 Å². The molecule has 1 aromatic heterocycles. The van der Waals surface area contributed by atoms with Crippen molar-refractivity contribution in [2.24, 2.45) is 0 Å². The first-order valence-electron chi connectivity index (χ1n) is 8.47. The maximum absolute atomic E-state index is 12.9. The highest BCUT2D eigenvalue weighted by Crippen LogP contribution is 2.17. The third kappa shape index (κ3) is 3.21. The number of carbonyl (C=O) groups excluding carboxylic acids is 1. The number of piperazine rings is 1. The second-order valence-corrected chi connectivity index (χ2v) is 6.36. The standard InChI is InChI=1S/C19H20N4O2/c24-18(15-7-4-8-16-17(15)21-19(25)20-16)23-11-9-22(10-12-23)13-14-5-2-1-3-6-14/h1-8H,9-13H2,(H2,20,21,25). The van der Waals surface area contributed by atoms with Crippen molar-refractivity contribution in [2.45, 2.75) is 6.54 Å². The smallest absolute Gasteiger partial charge is 0.323 e. The first-order valence-corrected chi connectivity index (χ1v) is 8.47. The van der Waals surface area contributed by atoms with Crippen molar-refractivity contribution in [3.8, 4) is 0 Å². The summed E-state index contributed by atoms with van der Waals surface area (Å²) < 4.78 is 0. The van der Waals surface area contributed by atoms with E-state index in [2.05, 4.69) is 27.0 Å². The number of rotatable bonds is 3. The number of hydrogen-bond acceptors (Lipinski definition) is 3. The topological polar surface area (TPSA) is 72.2 Å². The van der Waals surface area contributed by atoms with E-state index in [-0.39, 0.29) is 11.6 Å². The van der Waals surface area contributed by atoms with Crippen LogP contribution in [-0.2, 0) is 6.54 Å². The van der Waals surface area contributed by atoms with Crippen LogP contribution in [0, 0.1) is 0 Å². The number of hydrogen-bond donors (Lipinski definition) is 2. The van der Waals surface area contributed by atoms with Gasteiger partial charge in [-0.05, 0) is 17.7 Å². The van der Waals surface area contributed by atoms with E-state index in [1.54, 1.807) is 18.2 Å². The van der Waals surface area contributed by atoms with Gasteiger partial charge in [-0.3, -0.25) is 9.69 Å².